The summed E-state index contributed by atoms with van der Waals surface area (Å²) >= 11 is 0. The first-order chi connectivity index (χ1) is 3.89. The molecule has 1 rings (SSSR count). The Morgan fingerprint density at radius 1 is 1.12 bits per heavy atom. The van der Waals surface area contributed by atoms with Gasteiger partial charge in [0, 0.05) is 0 Å². The molecule has 0 bridgehead atoms. The van der Waals surface area contributed by atoms with Crippen molar-refractivity contribution in [2.45, 2.75) is 12.8 Å². The smallest absolute Gasteiger partial charge is 0.328 e. The van der Waals surface area contributed by atoms with Gasteiger partial charge in [0.25, 0.3) is 0 Å². The summed E-state index contributed by atoms with van der Waals surface area (Å²) < 4.78 is 9.60. The molecule has 0 unspecified atom stereocenters. The summed E-state index contributed by atoms with van der Waals surface area (Å²) in [4.78, 5) is 8.71. The molecule has 0 aromatic rings. The van der Waals surface area contributed by atoms with Crippen molar-refractivity contribution in [3.05, 3.63) is 0 Å². The van der Waals surface area contributed by atoms with Gasteiger partial charge >= 0.3 is 8.60 Å². The van der Waals surface area contributed by atoms with Crippen LogP contribution in [-0.2, 0) is 9.05 Å². The first-order valence-corrected chi connectivity index (χ1v) is 3.77. The molecule has 1 aliphatic heterocycles. The van der Waals surface area contributed by atoms with E-state index in [1.807, 2.05) is 0 Å². The molecule has 1 heterocycles. The summed E-state index contributed by atoms with van der Waals surface area (Å²) in [5.41, 5.74) is 0. The Labute approximate surface area is 49.6 Å². The second-order valence-electron chi connectivity index (χ2n) is 1.61. The third-order valence-electron chi connectivity index (χ3n) is 0.942. The Balaban J connectivity index is 2.17. The quantitative estimate of drug-likeness (QED) is 0.505. The highest BCUT2D eigenvalue weighted by Crippen LogP contribution is 2.34. The van der Waals surface area contributed by atoms with Crippen LogP contribution in [0, 0.1) is 0 Å². The molecule has 3 nitrogen and oxygen atoms in total. The Bertz CT molecular complexity index is 60.3. The highest BCUT2D eigenvalue weighted by atomic mass is 31.2. The van der Waals surface area contributed by atoms with Crippen LogP contribution >= 0.6 is 8.60 Å². The SMILES string of the molecule is OP1OCCCCO1. The fourth-order valence-corrected chi connectivity index (χ4v) is 1.17. The highest BCUT2D eigenvalue weighted by Gasteiger charge is 2.08. The predicted molar refractivity (Wildman–Crippen MR) is 30.3 cm³/mol. The molecule has 0 atom stereocenters. The Morgan fingerprint density at radius 2 is 1.62 bits per heavy atom. The monoisotopic (exact) mass is 136 g/mol. The van der Waals surface area contributed by atoms with Gasteiger partial charge in [-0.3, -0.25) is 0 Å². The molecule has 0 aliphatic carbocycles. The lowest BCUT2D eigenvalue weighted by molar-refractivity contribution is 0.234. The third-order valence-corrected chi connectivity index (χ3v) is 1.75. The largest absolute Gasteiger partial charge is 0.329 e. The normalized spacial score (nSPS) is 25.1. The van der Waals surface area contributed by atoms with E-state index in [2.05, 4.69) is 0 Å². The van der Waals surface area contributed by atoms with Crippen LogP contribution in [0.25, 0.3) is 0 Å². The molecule has 0 aromatic carbocycles. The Morgan fingerprint density at radius 3 is 2.12 bits per heavy atom. The zero-order chi connectivity index (χ0) is 5.82. The van der Waals surface area contributed by atoms with Crippen LogP contribution in [-0.4, -0.2) is 18.1 Å². The van der Waals surface area contributed by atoms with Crippen LogP contribution in [0.3, 0.4) is 0 Å². The number of hydrogen-bond donors (Lipinski definition) is 1. The molecule has 4 heteroatoms. The fourth-order valence-electron chi connectivity index (χ4n) is 0.527. The van der Waals surface area contributed by atoms with Gasteiger partial charge in [-0.2, -0.15) is 0 Å². The zero-order valence-corrected chi connectivity index (χ0v) is 5.43. The minimum Gasteiger partial charge on any atom is -0.328 e. The van der Waals surface area contributed by atoms with E-state index >= 15 is 0 Å². The van der Waals surface area contributed by atoms with Gasteiger partial charge in [-0.1, -0.05) is 0 Å². The van der Waals surface area contributed by atoms with Crippen molar-refractivity contribution in [1.29, 1.82) is 0 Å². The van der Waals surface area contributed by atoms with Crippen molar-refractivity contribution in [3.63, 3.8) is 0 Å². The van der Waals surface area contributed by atoms with Gasteiger partial charge in [0.15, 0.2) is 0 Å². The van der Waals surface area contributed by atoms with Gasteiger partial charge in [-0.05, 0) is 12.8 Å². The average Bonchev–Trinajstić information content (AvgIpc) is 1.94. The van der Waals surface area contributed by atoms with Crippen LogP contribution in [0.4, 0.5) is 0 Å². The van der Waals surface area contributed by atoms with E-state index in [0.29, 0.717) is 13.2 Å². The highest BCUT2D eigenvalue weighted by molar-refractivity contribution is 7.40. The van der Waals surface area contributed by atoms with Crippen LogP contribution in [0.15, 0.2) is 0 Å². The minimum atomic E-state index is -1.52. The second kappa shape index (κ2) is 3.36. The number of hydrogen-bond acceptors (Lipinski definition) is 3. The molecule has 48 valence electrons. The minimum absolute atomic E-state index is 0.641. The maximum Gasteiger partial charge on any atom is 0.329 e. The van der Waals surface area contributed by atoms with Crippen LogP contribution < -0.4 is 0 Å². The maximum absolute atomic E-state index is 8.71. The summed E-state index contributed by atoms with van der Waals surface area (Å²) in [5, 5.41) is 0. The van der Waals surface area contributed by atoms with E-state index in [4.69, 9.17) is 13.9 Å². The third kappa shape index (κ3) is 2.05. The molecule has 1 saturated heterocycles. The summed E-state index contributed by atoms with van der Waals surface area (Å²) in [7, 11) is -1.52. The topological polar surface area (TPSA) is 38.7 Å². The zero-order valence-electron chi connectivity index (χ0n) is 4.54. The molecule has 8 heavy (non-hydrogen) atoms. The van der Waals surface area contributed by atoms with Gasteiger partial charge in [0.1, 0.15) is 0 Å². The van der Waals surface area contributed by atoms with Gasteiger partial charge in [-0.25, -0.2) is 0 Å². The molecule has 0 spiro atoms. The van der Waals surface area contributed by atoms with Crippen LogP contribution in [0.1, 0.15) is 12.8 Å². The molecule has 0 aromatic heterocycles. The summed E-state index contributed by atoms with van der Waals surface area (Å²) in [6.07, 6.45) is 2.00. The van der Waals surface area contributed by atoms with Crippen LogP contribution in [0.5, 0.6) is 0 Å². The van der Waals surface area contributed by atoms with Gasteiger partial charge in [0.2, 0.25) is 0 Å². The first kappa shape index (κ1) is 6.43. The lowest BCUT2D eigenvalue weighted by Gasteiger charge is -2.02. The van der Waals surface area contributed by atoms with E-state index in [0.717, 1.165) is 12.8 Å². The predicted octanol–water partition coefficient (Wildman–Crippen LogP) is 1.03. The average molecular weight is 136 g/mol. The van der Waals surface area contributed by atoms with Gasteiger partial charge in [-0.15, -0.1) is 0 Å². The van der Waals surface area contributed by atoms with E-state index in [-0.39, 0.29) is 0 Å². The van der Waals surface area contributed by atoms with Crippen molar-refractivity contribution >= 4 is 8.60 Å². The van der Waals surface area contributed by atoms with E-state index in [1.54, 1.807) is 0 Å². The Hall–Kier alpha value is 0.310. The molecule has 1 N–H and O–H groups in total. The molecule has 0 radical (unpaired) electrons. The molecule has 1 aliphatic rings. The standard InChI is InChI=1S/C4H9O3P/c5-8-6-3-1-2-4-7-8/h5H,1-4H2. The van der Waals surface area contributed by atoms with Crippen molar-refractivity contribution in [2.24, 2.45) is 0 Å². The van der Waals surface area contributed by atoms with Gasteiger partial charge < -0.3 is 13.9 Å². The molecule has 0 amide bonds. The Kier molecular flexibility index (Phi) is 2.70. The van der Waals surface area contributed by atoms with E-state index < -0.39 is 8.60 Å². The number of rotatable bonds is 0. The van der Waals surface area contributed by atoms with Crippen molar-refractivity contribution < 1.29 is 13.9 Å². The molecule has 0 saturated carbocycles. The summed E-state index contributed by atoms with van der Waals surface area (Å²) in [6, 6.07) is 0. The fraction of sp³-hybridized carbons (Fsp3) is 1.00. The molecule has 1 fully saturated rings. The van der Waals surface area contributed by atoms with Crippen molar-refractivity contribution in [2.75, 3.05) is 13.2 Å². The van der Waals surface area contributed by atoms with E-state index in [9.17, 15) is 0 Å². The lowest BCUT2D eigenvalue weighted by Crippen LogP contribution is -1.83. The second-order valence-corrected chi connectivity index (χ2v) is 2.60. The van der Waals surface area contributed by atoms with E-state index in [1.165, 1.54) is 0 Å². The first-order valence-electron chi connectivity index (χ1n) is 2.64. The summed E-state index contributed by atoms with van der Waals surface area (Å²) in [5.74, 6) is 0. The summed E-state index contributed by atoms with van der Waals surface area (Å²) in [6.45, 7) is 1.28. The van der Waals surface area contributed by atoms with Crippen LogP contribution in [0.2, 0.25) is 0 Å². The van der Waals surface area contributed by atoms with Gasteiger partial charge in [0.05, 0.1) is 13.2 Å². The lowest BCUT2D eigenvalue weighted by atomic mass is 10.3. The van der Waals surface area contributed by atoms with Crippen molar-refractivity contribution in [1.82, 2.24) is 0 Å². The molecular weight excluding hydrogens is 127 g/mol. The molecular formula is C4H9O3P. The van der Waals surface area contributed by atoms with Crippen molar-refractivity contribution in [3.8, 4) is 0 Å². The maximum atomic E-state index is 8.71.